The van der Waals surface area contributed by atoms with Crippen molar-refractivity contribution in [2.75, 3.05) is 18.0 Å². The Labute approximate surface area is 117 Å². The predicted molar refractivity (Wildman–Crippen MR) is 81.5 cm³/mol. The molecule has 0 amide bonds. The number of anilines is 1. The lowest BCUT2D eigenvalue weighted by Crippen LogP contribution is -2.38. The van der Waals surface area contributed by atoms with Crippen molar-refractivity contribution >= 4 is 5.82 Å². The first-order valence-electron chi connectivity index (χ1n) is 7.78. The van der Waals surface area contributed by atoms with E-state index >= 15 is 0 Å². The topological polar surface area (TPSA) is 28.2 Å². The van der Waals surface area contributed by atoms with Crippen LogP contribution in [-0.2, 0) is 6.54 Å². The van der Waals surface area contributed by atoms with Gasteiger partial charge in [0.1, 0.15) is 5.82 Å². The van der Waals surface area contributed by atoms with Gasteiger partial charge in [-0.15, -0.1) is 0 Å². The van der Waals surface area contributed by atoms with Gasteiger partial charge in [-0.2, -0.15) is 0 Å². The quantitative estimate of drug-likeness (QED) is 0.851. The Hall–Kier alpha value is -1.09. The third-order valence-electron chi connectivity index (χ3n) is 4.06. The highest BCUT2D eigenvalue weighted by Gasteiger charge is 2.22. The van der Waals surface area contributed by atoms with Crippen molar-refractivity contribution in [1.82, 2.24) is 10.3 Å². The van der Waals surface area contributed by atoms with Gasteiger partial charge in [-0.25, -0.2) is 4.98 Å². The summed E-state index contributed by atoms with van der Waals surface area (Å²) in [6, 6.07) is 4.94. The summed E-state index contributed by atoms with van der Waals surface area (Å²) in [4.78, 5) is 7.18. The molecule has 1 heterocycles. The first kappa shape index (κ1) is 14.3. The lowest BCUT2D eigenvalue weighted by atomic mass is 9.94. The van der Waals surface area contributed by atoms with Crippen molar-refractivity contribution in [1.29, 1.82) is 0 Å². The van der Waals surface area contributed by atoms with Gasteiger partial charge in [0.25, 0.3) is 0 Å². The second kappa shape index (κ2) is 7.49. The average molecular weight is 261 g/mol. The van der Waals surface area contributed by atoms with Crippen LogP contribution in [0.15, 0.2) is 18.3 Å². The maximum Gasteiger partial charge on any atom is 0.133 e. The molecule has 1 aliphatic rings. The van der Waals surface area contributed by atoms with Gasteiger partial charge >= 0.3 is 0 Å². The number of nitrogens with one attached hydrogen (secondary N) is 1. The summed E-state index contributed by atoms with van der Waals surface area (Å²) in [5, 5.41) is 3.42. The Morgan fingerprint density at radius 1 is 1.26 bits per heavy atom. The first-order valence-corrected chi connectivity index (χ1v) is 7.78. The third kappa shape index (κ3) is 3.69. The van der Waals surface area contributed by atoms with Crippen LogP contribution in [-0.4, -0.2) is 24.1 Å². The van der Waals surface area contributed by atoms with Crippen molar-refractivity contribution in [3.05, 3.63) is 23.9 Å². The van der Waals surface area contributed by atoms with Crippen LogP contribution in [0.4, 0.5) is 5.82 Å². The summed E-state index contributed by atoms with van der Waals surface area (Å²) in [5.74, 6) is 1.19. The van der Waals surface area contributed by atoms with Gasteiger partial charge < -0.3 is 10.2 Å². The second-order valence-corrected chi connectivity index (χ2v) is 5.34. The Bertz CT molecular complexity index is 372. The molecular weight excluding hydrogens is 234 g/mol. The minimum absolute atomic E-state index is 0.689. The number of nitrogens with zero attached hydrogens (tertiary/aromatic N) is 2. The third-order valence-corrected chi connectivity index (χ3v) is 4.06. The van der Waals surface area contributed by atoms with Gasteiger partial charge in [0.2, 0.25) is 0 Å². The number of rotatable bonds is 6. The molecule has 19 heavy (non-hydrogen) atoms. The largest absolute Gasteiger partial charge is 0.354 e. The van der Waals surface area contributed by atoms with E-state index in [-0.39, 0.29) is 0 Å². The van der Waals surface area contributed by atoms with Crippen molar-refractivity contribution in [2.24, 2.45) is 0 Å². The van der Waals surface area contributed by atoms with E-state index in [4.69, 9.17) is 0 Å². The zero-order valence-corrected chi connectivity index (χ0v) is 12.4. The summed E-state index contributed by atoms with van der Waals surface area (Å²) in [7, 11) is 0. The Balaban J connectivity index is 2.16. The average Bonchev–Trinajstić information content (AvgIpc) is 2.48. The van der Waals surface area contributed by atoms with E-state index in [0.29, 0.717) is 6.04 Å². The van der Waals surface area contributed by atoms with Gasteiger partial charge in [0.05, 0.1) is 0 Å². The van der Waals surface area contributed by atoms with Crippen LogP contribution in [0, 0.1) is 0 Å². The molecule has 0 bridgehead atoms. The first-order chi connectivity index (χ1) is 9.36. The van der Waals surface area contributed by atoms with Crippen LogP contribution in [0.3, 0.4) is 0 Å². The highest BCUT2D eigenvalue weighted by atomic mass is 15.2. The van der Waals surface area contributed by atoms with E-state index in [2.05, 4.69) is 35.1 Å². The van der Waals surface area contributed by atoms with Crippen LogP contribution >= 0.6 is 0 Å². The maximum atomic E-state index is 4.66. The van der Waals surface area contributed by atoms with E-state index in [1.165, 1.54) is 43.5 Å². The minimum Gasteiger partial charge on any atom is -0.354 e. The van der Waals surface area contributed by atoms with Gasteiger partial charge in [-0.05, 0) is 32.4 Å². The summed E-state index contributed by atoms with van der Waals surface area (Å²) < 4.78 is 0. The fraction of sp³-hybridized carbons (Fsp3) is 0.688. The Morgan fingerprint density at radius 2 is 2.05 bits per heavy atom. The smallest absolute Gasteiger partial charge is 0.133 e. The zero-order valence-electron chi connectivity index (χ0n) is 12.4. The van der Waals surface area contributed by atoms with E-state index in [0.717, 1.165) is 19.6 Å². The zero-order chi connectivity index (χ0) is 13.5. The molecule has 0 aliphatic heterocycles. The van der Waals surface area contributed by atoms with Crippen LogP contribution in [0.25, 0.3) is 0 Å². The van der Waals surface area contributed by atoms with Gasteiger partial charge in [-0.1, -0.05) is 32.3 Å². The molecule has 1 saturated carbocycles. The van der Waals surface area contributed by atoms with Crippen molar-refractivity contribution in [2.45, 2.75) is 58.5 Å². The predicted octanol–water partition coefficient (Wildman–Crippen LogP) is 3.35. The van der Waals surface area contributed by atoms with Crippen molar-refractivity contribution in [3.8, 4) is 0 Å². The molecular formula is C16H27N3. The fourth-order valence-corrected chi connectivity index (χ4v) is 3.06. The molecule has 1 N–H and O–H groups in total. The molecule has 0 saturated heterocycles. The standard InChI is InChI=1S/C16H27N3/c1-3-17-13-14-9-8-12-18-16(14)19(4-2)15-10-6-5-7-11-15/h8-9,12,15,17H,3-7,10-11,13H2,1-2H3. The molecule has 3 nitrogen and oxygen atoms in total. The van der Waals surface area contributed by atoms with Crippen LogP contribution in [0.1, 0.15) is 51.5 Å². The molecule has 2 rings (SSSR count). The maximum absolute atomic E-state index is 4.66. The summed E-state index contributed by atoms with van der Waals surface area (Å²) in [5.41, 5.74) is 1.33. The molecule has 1 aliphatic carbocycles. The highest BCUT2D eigenvalue weighted by molar-refractivity contribution is 5.47. The molecule has 106 valence electrons. The lowest BCUT2D eigenvalue weighted by molar-refractivity contribution is 0.415. The monoisotopic (exact) mass is 261 g/mol. The molecule has 1 fully saturated rings. The van der Waals surface area contributed by atoms with Crippen LogP contribution < -0.4 is 10.2 Å². The molecule has 1 aromatic heterocycles. The molecule has 3 heteroatoms. The number of hydrogen-bond acceptors (Lipinski definition) is 3. The molecule has 0 spiro atoms. The van der Waals surface area contributed by atoms with Crippen LogP contribution in [0.5, 0.6) is 0 Å². The number of pyridine rings is 1. The van der Waals surface area contributed by atoms with Crippen molar-refractivity contribution < 1.29 is 0 Å². The molecule has 1 aromatic rings. The second-order valence-electron chi connectivity index (χ2n) is 5.34. The normalized spacial score (nSPS) is 16.5. The summed E-state index contributed by atoms with van der Waals surface area (Å²) >= 11 is 0. The highest BCUT2D eigenvalue weighted by Crippen LogP contribution is 2.27. The number of aromatic nitrogens is 1. The molecule has 0 aromatic carbocycles. The number of hydrogen-bond donors (Lipinski definition) is 1. The molecule has 0 radical (unpaired) electrons. The van der Waals surface area contributed by atoms with Gasteiger partial charge in [-0.3, -0.25) is 0 Å². The van der Waals surface area contributed by atoms with E-state index < -0.39 is 0 Å². The SMILES string of the molecule is CCNCc1cccnc1N(CC)C1CCCCC1. The minimum atomic E-state index is 0.689. The lowest BCUT2D eigenvalue weighted by Gasteiger charge is -2.35. The summed E-state index contributed by atoms with van der Waals surface area (Å²) in [6.45, 7) is 7.38. The Morgan fingerprint density at radius 3 is 2.74 bits per heavy atom. The Kier molecular flexibility index (Phi) is 5.64. The molecule has 0 unspecified atom stereocenters. The fourth-order valence-electron chi connectivity index (χ4n) is 3.06. The van der Waals surface area contributed by atoms with Crippen LogP contribution in [0.2, 0.25) is 0 Å². The van der Waals surface area contributed by atoms with E-state index in [1.54, 1.807) is 0 Å². The van der Waals surface area contributed by atoms with Gasteiger partial charge in [0.15, 0.2) is 0 Å². The molecule has 0 atom stereocenters. The van der Waals surface area contributed by atoms with Gasteiger partial charge in [0, 0.05) is 30.9 Å². The summed E-state index contributed by atoms with van der Waals surface area (Å²) in [6.07, 6.45) is 8.72. The van der Waals surface area contributed by atoms with E-state index in [9.17, 15) is 0 Å². The van der Waals surface area contributed by atoms with E-state index in [1.807, 2.05) is 12.3 Å². The van der Waals surface area contributed by atoms with Crippen molar-refractivity contribution in [3.63, 3.8) is 0 Å².